The van der Waals surface area contributed by atoms with Crippen LogP contribution in [0.4, 0.5) is 5.82 Å². The Labute approximate surface area is 122 Å². The fourth-order valence-corrected chi connectivity index (χ4v) is 3.61. The van der Waals surface area contributed by atoms with Crippen LogP contribution in [0.2, 0.25) is 0 Å². The minimum atomic E-state index is 0.512. The number of anilines is 1. The Balaban J connectivity index is 1.85. The van der Waals surface area contributed by atoms with Gasteiger partial charge in [-0.2, -0.15) is 0 Å². The highest BCUT2D eigenvalue weighted by molar-refractivity contribution is 5.49. The minimum Gasteiger partial charge on any atom is -0.370 e. The van der Waals surface area contributed by atoms with Gasteiger partial charge < -0.3 is 5.32 Å². The maximum absolute atomic E-state index is 4.92. The van der Waals surface area contributed by atoms with Gasteiger partial charge in [0, 0.05) is 23.7 Å². The maximum atomic E-state index is 4.92. The molecule has 0 unspecified atom stereocenters. The molecule has 3 rings (SSSR count). The molecule has 1 N–H and O–H groups in total. The molecule has 1 aromatic rings. The lowest BCUT2D eigenvalue weighted by molar-refractivity contribution is 0.220. The van der Waals surface area contributed by atoms with Crippen LogP contribution in [-0.2, 0) is 12.8 Å². The van der Waals surface area contributed by atoms with Gasteiger partial charge in [-0.3, -0.25) is 0 Å². The number of nitrogens with one attached hydrogen (secondary N) is 1. The van der Waals surface area contributed by atoms with Crippen LogP contribution in [-0.4, -0.2) is 16.5 Å². The molecular formula is C17H27N3. The van der Waals surface area contributed by atoms with Gasteiger partial charge in [0.2, 0.25) is 0 Å². The Morgan fingerprint density at radius 2 is 1.90 bits per heavy atom. The van der Waals surface area contributed by atoms with Crippen LogP contribution in [0.5, 0.6) is 0 Å². The molecule has 3 nitrogen and oxygen atoms in total. The Hall–Kier alpha value is -1.12. The molecule has 0 bridgehead atoms. The summed E-state index contributed by atoms with van der Waals surface area (Å²) in [5.41, 5.74) is 3.21. The van der Waals surface area contributed by atoms with E-state index in [1.165, 1.54) is 43.4 Å². The second kappa shape index (κ2) is 5.34. The first-order valence-corrected chi connectivity index (χ1v) is 8.22. The summed E-state index contributed by atoms with van der Waals surface area (Å²) in [6, 6.07) is 0. The van der Waals surface area contributed by atoms with E-state index in [-0.39, 0.29) is 0 Å². The van der Waals surface area contributed by atoms with E-state index in [1.54, 1.807) is 0 Å². The van der Waals surface area contributed by atoms with Crippen molar-refractivity contribution < 1.29 is 0 Å². The molecule has 0 amide bonds. The molecule has 1 aromatic heterocycles. The molecule has 1 fully saturated rings. The van der Waals surface area contributed by atoms with Crippen molar-refractivity contribution in [3.8, 4) is 0 Å². The standard InChI is InChI=1S/C17H27N3/c1-4-18-16-13-6-5-7-14(13)19-15(20-16)12-8-10-17(2,3)11-9-12/h12H,4-11H2,1-3H3,(H,18,19,20). The quantitative estimate of drug-likeness (QED) is 0.901. The van der Waals surface area contributed by atoms with Gasteiger partial charge in [0.25, 0.3) is 0 Å². The zero-order chi connectivity index (χ0) is 14.2. The molecule has 2 aliphatic carbocycles. The van der Waals surface area contributed by atoms with E-state index in [4.69, 9.17) is 9.97 Å². The van der Waals surface area contributed by atoms with Crippen LogP contribution >= 0.6 is 0 Å². The average Bonchev–Trinajstić information content (AvgIpc) is 2.87. The summed E-state index contributed by atoms with van der Waals surface area (Å²) in [6.07, 6.45) is 8.62. The highest BCUT2D eigenvalue weighted by atomic mass is 15.0. The van der Waals surface area contributed by atoms with Gasteiger partial charge in [0.05, 0.1) is 0 Å². The number of aromatic nitrogens is 2. The SMILES string of the molecule is CCNc1nc(C2CCC(C)(C)CC2)nc2c1CCC2. The molecule has 0 spiro atoms. The fourth-order valence-electron chi connectivity index (χ4n) is 3.61. The molecule has 1 heterocycles. The number of hydrogen-bond acceptors (Lipinski definition) is 3. The highest BCUT2D eigenvalue weighted by Crippen LogP contribution is 2.42. The van der Waals surface area contributed by atoms with E-state index in [9.17, 15) is 0 Å². The third-order valence-electron chi connectivity index (χ3n) is 5.00. The lowest BCUT2D eigenvalue weighted by atomic mass is 9.73. The van der Waals surface area contributed by atoms with Crippen molar-refractivity contribution in [2.24, 2.45) is 5.41 Å². The van der Waals surface area contributed by atoms with Gasteiger partial charge in [-0.15, -0.1) is 0 Å². The van der Waals surface area contributed by atoms with Gasteiger partial charge in [0.15, 0.2) is 0 Å². The van der Waals surface area contributed by atoms with Gasteiger partial charge in [0.1, 0.15) is 11.6 Å². The molecule has 110 valence electrons. The Kier molecular flexibility index (Phi) is 3.70. The van der Waals surface area contributed by atoms with E-state index in [0.717, 1.165) is 31.0 Å². The Morgan fingerprint density at radius 1 is 1.15 bits per heavy atom. The van der Waals surface area contributed by atoms with Crippen LogP contribution < -0.4 is 5.32 Å². The van der Waals surface area contributed by atoms with Crippen molar-refractivity contribution >= 4 is 5.82 Å². The topological polar surface area (TPSA) is 37.8 Å². The second-order valence-electron chi connectivity index (χ2n) is 7.18. The molecule has 0 atom stereocenters. The van der Waals surface area contributed by atoms with E-state index in [2.05, 4.69) is 26.1 Å². The predicted molar refractivity (Wildman–Crippen MR) is 83.2 cm³/mol. The van der Waals surface area contributed by atoms with Crippen molar-refractivity contribution in [3.63, 3.8) is 0 Å². The molecule has 0 aromatic carbocycles. The lowest BCUT2D eigenvalue weighted by Crippen LogP contribution is -2.22. The summed E-state index contributed by atoms with van der Waals surface area (Å²) in [5, 5.41) is 3.45. The number of nitrogens with zero attached hydrogens (tertiary/aromatic N) is 2. The number of aryl methyl sites for hydroxylation is 1. The van der Waals surface area contributed by atoms with E-state index >= 15 is 0 Å². The van der Waals surface area contributed by atoms with Crippen LogP contribution in [0.15, 0.2) is 0 Å². The van der Waals surface area contributed by atoms with E-state index < -0.39 is 0 Å². The summed E-state index contributed by atoms with van der Waals surface area (Å²) < 4.78 is 0. The molecule has 0 radical (unpaired) electrons. The molecule has 20 heavy (non-hydrogen) atoms. The third-order valence-corrected chi connectivity index (χ3v) is 5.00. The maximum Gasteiger partial charge on any atom is 0.134 e. The average molecular weight is 273 g/mol. The summed E-state index contributed by atoms with van der Waals surface area (Å²) in [5.74, 6) is 2.80. The van der Waals surface area contributed by atoms with Gasteiger partial charge in [-0.25, -0.2) is 9.97 Å². The minimum absolute atomic E-state index is 0.512. The van der Waals surface area contributed by atoms with Crippen molar-refractivity contribution in [1.82, 2.24) is 9.97 Å². The Morgan fingerprint density at radius 3 is 2.60 bits per heavy atom. The molecule has 2 aliphatic rings. The Bertz CT molecular complexity index is 483. The van der Waals surface area contributed by atoms with Crippen LogP contribution in [0.25, 0.3) is 0 Å². The normalized spacial score (nSPS) is 21.8. The van der Waals surface area contributed by atoms with Crippen LogP contribution in [0, 0.1) is 5.41 Å². The van der Waals surface area contributed by atoms with Crippen molar-refractivity contribution in [2.45, 2.75) is 71.6 Å². The van der Waals surface area contributed by atoms with Crippen molar-refractivity contribution in [2.75, 3.05) is 11.9 Å². The first kappa shape index (κ1) is 13.8. The summed E-state index contributed by atoms with van der Waals surface area (Å²) in [4.78, 5) is 9.80. The molecule has 3 heteroatoms. The molecule has 0 aliphatic heterocycles. The first-order chi connectivity index (χ1) is 9.59. The molecular weight excluding hydrogens is 246 g/mol. The molecule has 1 saturated carbocycles. The number of rotatable bonds is 3. The van der Waals surface area contributed by atoms with Crippen LogP contribution in [0.1, 0.15) is 75.9 Å². The van der Waals surface area contributed by atoms with Crippen molar-refractivity contribution in [3.05, 3.63) is 17.1 Å². The van der Waals surface area contributed by atoms with Gasteiger partial charge in [-0.05, 0) is 57.3 Å². The van der Waals surface area contributed by atoms with E-state index in [1.807, 2.05) is 0 Å². The monoisotopic (exact) mass is 273 g/mol. The summed E-state index contributed by atoms with van der Waals surface area (Å²) in [7, 11) is 0. The second-order valence-corrected chi connectivity index (χ2v) is 7.18. The summed E-state index contributed by atoms with van der Waals surface area (Å²) >= 11 is 0. The lowest BCUT2D eigenvalue weighted by Gasteiger charge is -2.33. The highest BCUT2D eigenvalue weighted by Gasteiger charge is 2.30. The zero-order valence-corrected chi connectivity index (χ0v) is 13.1. The predicted octanol–water partition coefficient (Wildman–Crippen LogP) is 4.08. The van der Waals surface area contributed by atoms with Crippen molar-refractivity contribution in [1.29, 1.82) is 0 Å². The largest absolute Gasteiger partial charge is 0.370 e. The smallest absolute Gasteiger partial charge is 0.134 e. The fraction of sp³-hybridized carbons (Fsp3) is 0.765. The van der Waals surface area contributed by atoms with Gasteiger partial charge in [-0.1, -0.05) is 13.8 Å². The number of hydrogen-bond donors (Lipinski definition) is 1. The molecule has 0 saturated heterocycles. The third kappa shape index (κ3) is 2.68. The summed E-state index contributed by atoms with van der Waals surface area (Å²) in [6.45, 7) is 7.86. The van der Waals surface area contributed by atoms with Gasteiger partial charge >= 0.3 is 0 Å². The van der Waals surface area contributed by atoms with E-state index in [0.29, 0.717) is 11.3 Å². The zero-order valence-electron chi connectivity index (χ0n) is 13.1. The first-order valence-electron chi connectivity index (χ1n) is 8.22. The number of fused-ring (bicyclic) bond motifs is 1. The van der Waals surface area contributed by atoms with Crippen LogP contribution in [0.3, 0.4) is 0 Å².